The maximum atomic E-state index is 12.5. The summed E-state index contributed by atoms with van der Waals surface area (Å²) in [6.07, 6.45) is 2.63. The molecule has 0 radical (unpaired) electrons. The molecule has 1 aliphatic rings. The van der Waals surface area contributed by atoms with Crippen LogP contribution in [0.1, 0.15) is 24.8 Å². The van der Waals surface area contributed by atoms with Crippen LogP contribution in [0.4, 0.5) is 11.4 Å². The second-order valence-corrected chi connectivity index (χ2v) is 6.80. The van der Waals surface area contributed by atoms with Gasteiger partial charge in [-0.15, -0.1) is 0 Å². The number of carbonyl (C=O) groups excluding carboxylic acids is 2. The standard InChI is InChI=1S/C22H26N2O5/c1-27-18-10-7-15(12-20(18)29-3)13-21(25)23-16-8-9-17(19(14-16)28-2)24-11-5-4-6-22(24)26/h7-10,12,14H,4-6,11,13H2,1-3H3,(H,23,25). The first-order valence-electron chi connectivity index (χ1n) is 9.55. The van der Waals surface area contributed by atoms with Crippen LogP contribution in [0.3, 0.4) is 0 Å². The minimum atomic E-state index is -0.166. The van der Waals surface area contributed by atoms with Gasteiger partial charge in [-0.05, 0) is 42.7 Å². The number of amides is 2. The Kier molecular flexibility index (Phi) is 6.59. The lowest BCUT2D eigenvalue weighted by Gasteiger charge is -2.28. The molecule has 0 aromatic heterocycles. The van der Waals surface area contributed by atoms with Crippen LogP contribution in [0.25, 0.3) is 0 Å². The van der Waals surface area contributed by atoms with Crippen LogP contribution in [-0.2, 0) is 16.0 Å². The molecular weight excluding hydrogens is 372 g/mol. The average Bonchev–Trinajstić information content (AvgIpc) is 2.74. The molecule has 7 heteroatoms. The van der Waals surface area contributed by atoms with Crippen molar-refractivity contribution < 1.29 is 23.8 Å². The highest BCUT2D eigenvalue weighted by molar-refractivity contribution is 5.97. The van der Waals surface area contributed by atoms with E-state index in [1.54, 1.807) is 50.5 Å². The highest BCUT2D eigenvalue weighted by atomic mass is 16.5. The Hall–Kier alpha value is -3.22. The van der Waals surface area contributed by atoms with Crippen LogP contribution in [0, 0.1) is 0 Å². The van der Waals surface area contributed by atoms with Gasteiger partial charge in [0.25, 0.3) is 0 Å². The molecule has 29 heavy (non-hydrogen) atoms. The summed E-state index contributed by atoms with van der Waals surface area (Å²) < 4.78 is 16.0. The lowest BCUT2D eigenvalue weighted by molar-refractivity contribution is -0.119. The van der Waals surface area contributed by atoms with Gasteiger partial charge in [0.1, 0.15) is 5.75 Å². The number of methoxy groups -OCH3 is 3. The third kappa shape index (κ3) is 4.80. The van der Waals surface area contributed by atoms with E-state index < -0.39 is 0 Å². The van der Waals surface area contributed by atoms with Gasteiger partial charge in [0.2, 0.25) is 11.8 Å². The van der Waals surface area contributed by atoms with Crippen LogP contribution >= 0.6 is 0 Å². The largest absolute Gasteiger partial charge is 0.494 e. The van der Waals surface area contributed by atoms with E-state index in [9.17, 15) is 9.59 Å². The summed E-state index contributed by atoms with van der Waals surface area (Å²) in [5.41, 5.74) is 2.15. The van der Waals surface area contributed by atoms with Crippen molar-refractivity contribution in [2.45, 2.75) is 25.7 Å². The normalized spacial score (nSPS) is 13.8. The Morgan fingerprint density at radius 3 is 2.41 bits per heavy atom. The van der Waals surface area contributed by atoms with Gasteiger partial charge in [-0.1, -0.05) is 6.07 Å². The summed E-state index contributed by atoms with van der Waals surface area (Å²) in [7, 11) is 4.68. The summed E-state index contributed by atoms with van der Waals surface area (Å²) >= 11 is 0. The number of rotatable bonds is 7. The van der Waals surface area contributed by atoms with E-state index in [2.05, 4.69) is 5.32 Å². The van der Waals surface area contributed by atoms with Crippen LogP contribution in [0.15, 0.2) is 36.4 Å². The van der Waals surface area contributed by atoms with Gasteiger partial charge in [-0.2, -0.15) is 0 Å². The van der Waals surface area contributed by atoms with Crippen LogP contribution in [0.5, 0.6) is 17.2 Å². The summed E-state index contributed by atoms with van der Waals surface area (Å²) in [6.45, 7) is 0.681. The Morgan fingerprint density at radius 2 is 1.72 bits per heavy atom. The van der Waals surface area contributed by atoms with Crippen molar-refractivity contribution in [3.05, 3.63) is 42.0 Å². The van der Waals surface area contributed by atoms with Crippen molar-refractivity contribution in [3.63, 3.8) is 0 Å². The van der Waals surface area contributed by atoms with E-state index >= 15 is 0 Å². The second kappa shape index (κ2) is 9.32. The highest BCUT2D eigenvalue weighted by Crippen LogP contribution is 2.33. The molecule has 2 amide bonds. The van der Waals surface area contributed by atoms with Gasteiger partial charge in [0, 0.05) is 24.7 Å². The average molecular weight is 398 g/mol. The smallest absolute Gasteiger partial charge is 0.228 e. The molecule has 0 bridgehead atoms. The molecule has 0 atom stereocenters. The Balaban J connectivity index is 1.71. The third-order valence-corrected chi connectivity index (χ3v) is 4.89. The predicted molar refractivity (Wildman–Crippen MR) is 111 cm³/mol. The molecule has 1 N–H and O–H groups in total. The number of hydrogen-bond acceptors (Lipinski definition) is 5. The van der Waals surface area contributed by atoms with E-state index in [0.717, 1.165) is 24.1 Å². The fourth-order valence-electron chi connectivity index (χ4n) is 3.42. The van der Waals surface area contributed by atoms with Crippen molar-refractivity contribution in [2.24, 2.45) is 0 Å². The number of carbonyl (C=O) groups is 2. The van der Waals surface area contributed by atoms with Gasteiger partial charge < -0.3 is 24.4 Å². The Labute approximate surface area is 170 Å². The molecule has 1 aliphatic heterocycles. The number of nitrogens with one attached hydrogen (secondary N) is 1. The Morgan fingerprint density at radius 1 is 0.966 bits per heavy atom. The molecule has 0 unspecified atom stereocenters. The van der Waals surface area contributed by atoms with E-state index in [0.29, 0.717) is 35.9 Å². The SMILES string of the molecule is COc1ccc(CC(=O)Nc2ccc(N3CCCCC3=O)c(OC)c2)cc1OC. The topological polar surface area (TPSA) is 77.1 Å². The first kappa shape index (κ1) is 20.5. The lowest BCUT2D eigenvalue weighted by Crippen LogP contribution is -2.35. The van der Waals surface area contributed by atoms with E-state index in [4.69, 9.17) is 14.2 Å². The molecule has 3 rings (SSSR count). The van der Waals surface area contributed by atoms with Crippen LogP contribution < -0.4 is 24.4 Å². The molecule has 1 fully saturated rings. The minimum absolute atomic E-state index is 0.0970. The summed E-state index contributed by atoms with van der Waals surface area (Å²) in [4.78, 5) is 26.4. The van der Waals surface area contributed by atoms with E-state index in [-0.39, 0.29) is 18.2 Å². The summed E-state index contributed by atoms with van der Waals surface area (Å²) in [6, 6.07) is 10.7. The predicted octanol–water partition coefficient (Wildman–Crippen LogP) is 3.41. The van der Waals surface area contributed by atoms with Crippen molar-refractivity contribution in [1.29, 1.82) is 0 Å². The molecule has 2 aromatic rings. The molecule has 2 aromatic carbocycles. The molecule has 0 spiro atoms. The fraction of sp³-hybridized carbons (Fsp3) is 0.364. The third-order valence-electron chi connectivity index (χ3n) is 4.89. The molecule has 154 valence electrons. The van der Waals surface area contributed by atoms with Gasteiger partial charge in [-0.25, -0.2) is 0 Å². The molecule has 1 heterocycles. The zero-order valence-electron chi connectivity index (χ0n) is 17.0. The van der Waals surface area contributed by atoms with Crippen molar-refractivity contribution >= 4 is 23.2 Å². The molecular formula is C22H26N2O5. The first-order chi connectivity index (χ1) is 14.0. The number of ether oxygens (including phenoxy) is 3. The minimum Gasteiger partial charge on any atom is -0.494 e. The van der Waals surface area contributed by atoms with Crippen molar-refractivity contribution in [1.82, 2.24) is 0 Å². The zero-order valence-corrected chi connectivity index (χ0v) is 17.0. The monoisotopic (exact) mass is 398 g/mol. The lowest BCUT2D eigenvalue weighted by atomic mass is 10.1. The van der Waals surface area contributed by atoms with E-state index in [1.165, 1.54) is 0 Å². The maximum Gasteiger partial charge on any atom is 0.228 e. The second-order valence-electron chi connectivity index (χ2n) is 6.80. The number of piperidine rings is 1. The Bertz CT molecular complexity index is 897. The van der Waals surface area contributed by atoms with Gasteiger partial charge in [0.15, 0.2) is 11.5 Å². The number of benzene rings is 2. The van der Waals surface area contributed by atoms with Gasteiger partial charge >= 0.3 is 0 Å². The van der Waals surface area contributed by atoms with E-state index in [1.807, 2.05) is 12.1 Å². The quantitative estimate of drug-likeness (QED) is 0.773. The van der Waals surface area contributed by atoms with Gasteiger partial charge in [0.05, 0.1) is 33.4 Å². The molecule has 0 aliphatic carbocycles. The number of nitrogens with zero attached hydrogens (tertiary/aromatic N) is 1. The zero-order chi connectivity index (χ0) is 20.8. The molecule has 1 saturated heterocycles. The fourth-order valence-corrected chi connectivity index (χ4v) is 3.42. The maximum absolute atomic E-state index is 12.5. The number of hydrogen-bond donors (Lipinski definition) is 1. The molecule has 0 saturated carbocycles. The number of anilines is 2. The van der Waals surface area contributed by atoms with Crippen molar-refractivity contribution in [3.8, 4) is 17.2 Å². The van der Waals surface area contributed by atoms with Crippen LogP contribution in [0.2, 0.25) is 0 Å². The highest BCUT2D eigenvalue weighted by Gasteiger charge is 2.22. The van der Waals surface area contributed by atoms with Gasteiger partial charge in [-0.3, -0.25) is 9.59 Å². The van der Waals surface area contributed by atoms with Crippen LogP contribution in [-0.4, -0.2) is 39.7 Å². The van der Waals surface area contributed by atoms with Crippen molar-refractivity contribution in [2.75, 3.05) is 38.1 Å². The first-order valence-corrected chi connectivity index (χ1v) is 9.55. The summed E-state index contributed by atoms with van der Waals surface area (Å²) in [5.74, 6) is 1.68. The molecule has 7 nitrogen and oxygen atoms in total. The summed E-state index contributed by atoms with van der Waals surface area (Å²) in [5, 5.41) is 2.88.